The molecule has 2 aromatic heterocycles. The highest BCUT2D eigenvalue weighted by molar-refractivity contribution is 9.09. The van der Waals surface area contributed by atoms with Gasteiger partial charge in [0.15, 0.2) is 4.96 Å². The average Bonchev–Trinajstić information content (AvgIpc) is 2.63. The van der Waals surface area contributed by atoms with Gasteiger partial charge in [-0.05, 0) is 7.05 Å². The first kappa shape index (κ1) is 10.1. The minimum Gasteiger partial charge on any atom is -0.300 e. The van der Waals surface area contributed by atoms with Crippen LogP contribution < -0.4 is 0 Å². The smallest absolute Gasteiger partial charge is 0.193 e. The maximum Gasteiger partial charge on any atom is 0.193 e. The second-order valence-electron chi connectivity index (χ2n) is 3.25. The van der Waals surface area contributed by atoms with Crippen LogP contribution in [0.5, 0.6) is 0 Å². The van der Waals surface area contributed by atoms with E-state index < -0.39 is 0 Å². The number of hydrogen-bond donors (Lipinski definition) is 0. The van der Waals surface area contributed by atoms with Gasteiger partial charge in [0.2, 0.25) is 0 Å². The van der Waals surface area contributed by atoms with Crippen molar-refractivity contribution in [3.63, 3.8) is 0 Å². The van der Waals surface area contributed by atoms with Crippen LogP contribution in [0.3, 0.4) is 0 Å². The van der Waals surface area contributed by atoms with Gasteiger partial charge in [0.05, 0.1) is 5.69 Å². The van der Waals surface area contributed by atoms with E-state index in [1.165, 1.54) is 0 Å². The number of nitrogens with zero attached hydrogens (tertiary/aromatic N) is 3. The number of thiazole rings is 1. The first-order valence-corrected chi connectivity index (χ1v) is 6.45. The molecule has 0 atom stereocenters. The first-order valence-electron chi connectivity index (χ1n) is 4.45. The molecule has 0 bridgehead atoms. The number of aromatic nitrogens is 2. The Kier molecular flexibility index (Phi) is 3.20. The Morgan fingerprint density at radius 2 is 2.50 bits per heavy atom. The Labute approximate surface area is 95.5 Å². The molecule has 2 aromatic rings. The number of hydrogen-bond acceptors (Lipinski definition) is 3. The Bertz CT molecular complexity index is 380. The van der Waals surface area contributed by atoms with E-state index >= 15 is 0 Å². The van der Waals surface area contributed by atoms with Gasteiger partial charge < -0.3 is 0 Å². The van der Waals surface area contributed by atoms with Gasteiger partial charge in [0.1, 0.15) is 0 Å². The monoisotopic (exact) mass is 273 g/mol. The summed E-state index contributed by atoms with van der Waals surface area (Å²) >= 11 is 5.10. The molecule has 2 heterocycles. The molecular weight excluding hydrogens is 262 g/mol. The molecule has 0 spiro atoms. The van der Waals surface area contributed by atoms with Crippen molar-refractivity contribution < 1.29 is 0 Å². The molecule has 0 aromatic carbocycles. The normalized spacial score (nSPS) is 11.6. The zero-order chi connectivity index (χ0) is 9.97. The predicted octanol–water partition coefficient (Wildman–Crippen LogP) is 2.22. The van der Waals surface area contributed by atoms with E-state index in [-0.39, 0.29) is 0 Å². The van der Waals surface area contributed by atoms with E-state index in [0.717, 1.165) is 29.1 Å². The third-order valence-corrected chi connectivity index (χ3v) is 3.17. The molecular formula is C9H12BrN3S. The molecule has 0 radical (unpaired) electrons. The predicted molar refractivity (Wildman–Crippen MR) is 63.2 cm³/mol. The summed E-state index contributed by atoms with van der Waals surface area (Å²) < 4.78 is 2.07. The van der Waals surface area contributed by atoms with Crippen LogP contribution in [0.2, 0.25) is 0 Å². The van der Waals surface area contributed by atoms with Crippen molar-refractivity contribution in [1.29, 1.82) is 0 Å². The van der Waals surface area contributed by atoms with E-state index in [0.29, 0.717) is 0 Å². The zero-order valence-electron chi connectivity index (χ0n) is 7.98. The highest BCUT2D eigenvalue weighted by Gasteiger charge is 2.04. The van der Waals surface area contributed by atoms with Gasteiger partial charge >= 0.3 is 0 Å². The molecule has 0 amide bonds. The molecule has 3 nitrogen and oxygen atoms in total. The lowest BCUT2D eigenvalue weighted by Gasteiger charge is -2.12. The van der Waals surface area contributed by atoms with Crippen molar-refractivity contribution in [3.05, 3.63) is 23.5 Å². The van der Waals surface area contributed by atoms with Gasteiger partial charge in [0.25, 0.3) is 0 Å². The van der Waals surface area contributed by atoms with Gasteiger partial charge in [-0.25, -0.2) is 4.98 Å². The summed E-state index contributed by atoms with van der Waals surface area (Å²) in [7, 11) is 2.11. The van der Waals surface area contributed by atoms with Crippen LogP contribution in [0.4, 0.5) is 0 Å². The van der Waals surface area contributed by atoms with Gasteiger partial charge in [0, 0.05) is 36.2 Å². The van der Waals surface area contributed by atoms with Crippen molar-refractivity contribution >= 4 is 32.2 Å². The fraction of sp³-hybridized carbons (Fsp3) is 0.444. The highest BCUT2D eigenvalue weighted by Crippen LogP contribution is 2.12. The second kappa shape index (κ2) is 4.42. The summed E-state index contributed by atoms with van der Waals surface area (Å²) in [5.74, 6) is 0. The van der Waals surface area contributed by atoms with Gasteiger partial charge in [-0.3, -0.25) is 9.30 Å². The van der Waals surface area contributed by atoms with E-state index in [9.17, 15) is 0 Å². The summed E-state index contributed by atoms with van der Waals surface area (Å²) in [4.78, 5) is 7.85. The molecule has 5 heteroatoms. The van der Waals surface area contributed by atoms with Gasteiger partial charge in [-0.1, -0.05) is 15.9 Å². The zero-order valence-corrected chi connectivity index (χ0v) is 10.4. The Morgan fingerprint density at radius 1 is 1.64 bits per heavy atom. The van der Waals surface area contributed by atoms with Crippen LogP contribution in [0.15, 0.2) is 17.8 Å². The van der Waals surface area contributed by atoms with Crippen LogP contribution in [-0.2, 0) is 6.54 Å². The lowest BCUT2D eigenvalue weighted by atomic mass is 10.4. The molecule has 0 N–H and O–H groups in total. The third-order valence-electron chi connectivity index (χ3n) is 2.04. The van der Waals surface area contributed by atoms with Crippen molar-refractivity contribution in [2.45, 2.75) is 6.54 Å². The number of rotatable bonds is 4. The number of imidazole rings is 1. The first-order chi connectivity index (χ1) is 6.79. The Hall–Kier alpha value is -0.390. The molecule has 0 saturated carbocycles. The van der Waals surface area contributed by atoms with E-state index in [1.54, 1.807) is 11.3 Å². The molecule has 0 aliphatic heterocycles. The molecule has 2 rings (SSSR count). The van der Waals surface area contributed by atoms with Crippen molar-refractivity contribution in [2.75, 3.05) is 18.9 Å². The van der Waals surface area contributed by atoms with Gasteiger partial charge in [-0.2, -0.15) is 0 Å². The van der Waals surface area contributed by atoms with Crippen molar-refractivity contribution in [1.82, 2.24) is 14.3 Å². The Balaban J connectivity index is 2.08. The maximum atomic E-state index is 4.52. The van der Waals surface area contributed by atoms with Crippen LogP contribution in [0.25, 0.3) is 4.96 Å². The average molecular weight is 274 g/mol. The lowest BCUT2D eigenvalue weighted by molar-refractivity contribution is 0.346. The fourth-order valence-corrected chi connectivity index (χ4v) is 2.68. The molecule has 0 aliphatic rings. The standard InChI is InChI=1S/C9H12BrN3S/c1-12(3-2-10)6-8-7-13-4-5-14-9(13)11-8/h4-5,7H,2-3,6H2,1H3. The van der Waals surface area contributed by atoms with E-state index in [1.807, 2.05) is 11.6 Å². The summed E-state index contributed by atoms with van der Waals surface area (Å²) in [6.45, 7) is 1.96. The summed E-state index contributed by atoms with van der Waals surface area (Å²) in [6.07, 6.45) is 4.14. The SMILES string of the molecule is CN(CCBr)Cc1cn2ccsc2n1. The molecule has 0 unspecified atom stereocenters. The molecule has 0 aliphatic carbocycles. The highest BCUT2D eigenvalue weighted by atomic mass is 79.9. The third kappa shape index (κ3) is 2.16. The number of halogens is 1. The largest absolute Gasteiger partial charge is 0.300 e. The summed E-state index contributed by atoms with van der Waals surface area (Å²) in [5, 5.41) is 3.06. The van der Waals surface area contributed by atoms with Crippen LogP contribution in [0, 0.1) is 0 Å². The lowest BCUT2D eigenvalue weighted by Crippen LogP contribution is -2.20. The minimum atomic E-state index is 0.917. The van der Waals surface area contributed by atoms with Crippen molar-refractivity contribution in [3.8, 4) is 0 Å². The minimum absolute atomic E-state index is 0.917. The summed E-state index contributed by atoms with van der Waals surface area (Å²) in [5.41, 5.74) is 1.14. The number of alkyl halides is 1. The second-order valence-corrected chi connectivity index (χ2v) is 4.92. The van der Waals surface area contributed by atoms with E-state index in [4.69, 9.17) is 0 Å². The van der Waals surface area contributed by atoms with Crippen LogP contribution in [0.1, 0.15) is 5.69 Å². The topological polar surface area (TPSA) is 20.5 Å². The van der Waals surface area contributed by atoms with Crippen LogP contribution in [-0.4, -0.2) is 33.2 Å². The summed E-state index contributed by atoms with van der Waals surface area (Å²) in [6, 6.07) is 0. The van der Waals surface area contributed by atoms with E-state index in [2.05, 4.69) is 43.5 Å². The number of fused-ring (bicyclic) bond motifs is 1. The molecule has 14 heavy (non-hydrogen) atoms. The fourth-order valence-electron chi connectivity index (χ4n) is 1.35. The van der Waals surface area contributed by atoms with Crippen LogP contribution >= 0.6 is 27.3 Å². The molecule has 0 saturated heterocycles. The molecule has 0 fully saturated rings. The molecule has 76 valence electrons. The quantitative estimate of drug-likeness (QED) is 0.797. The maximum absolute atomic E-state index is 4.52. The van der Waals surface area contributed by atoms with Crippen molar-refractivity contribution in [2.24, 2.45) is 0 Å². The Morgan fingerprint density at radius 3 is 3.21 bits per heavy atom. The van der Waals surface area contributed by atoms with Gasteiger partial charge in [-0.15, -0.1) is 11.3 Å².